The molecule has 3 rings (SSSR count). The molecule has 0 spiro atoms. The lowest BCUT2D eigenvalue weighted by Gasteiger charge is -2.17. The molecular formula is C20H24N2O4S. The predicted molar refractivity (Wildman–Crippen MR) is 103 cm³/mol. The summed E-state index contributed by atoms with van der Waals surface area (Å²) >= 11 is 0. The molecule has 1 amide bonds. The van der Waals surface area contributed by atoms with Crippen molar-refractivity contribution < 1.29 is 17.6 Å². The van der Waals surface area contributed by atoms with Gasteiger partial charge in [0.25, 0.3) is 0 Å². The van der Waals surface area contributed by atoms with Gasteiger partial charge in [-0.25, -0.2) is 13.1 Å². The Morgan fingerprint density at radius 2 is 1.74 bits per heavy atom. The summed E-state index contributed by atoms with van der Waals surface area (Å²) in [7, 11) is -3.58. The van der Waals surface area contributed by atoms with Crippen LogP contribution >= 0.6 is 0 Å². The van der Waals surface area contributed by atoms with Gasteiger partial charge in [-0.1, -0.05) is 31.0 Å². The molecule has 1 aliphatic rings. The van der Waals surface area contributed by atoms with Crippen LogP contribution in [0.1, 0.15) is 37.2 Å². The second-order valence-electron chi connectivity index (χ2n) is 6.51. The molecule has 0 aliphatic carbocycles. The smallest absolute Gasteiger partial charge is 0.246 e. The molecule has 2 aromatic rings. The highest BCUT2D eigenvalue weighted by Gasteiger charge is 2.15. The van der Waals surface area contributed by atoms with Crippen LogP contribution in [0, 0.1) is 0 Å². The average molecular weight is 388 g/mol. The minimum atomic E-state index is -3.58. The molecule has 2 heterocycles. The summed E-state index contributed by atoms with van der Waals surface area (Å²) in [4.78, 5) is 14.3. The first-order chi connectivity index (χ1) is 13.0. The van der Waals surface area contributed by atoms with E-state index in [0.29, 0.717) is 11.5 Å². The molecule has 1 aromatic heterocycles. The van der Waals surface area contributed by atoms with E-state index in [-0.39, 0.29) is 17.3 Å². The zero-order chi connectivity index (χ0) is 19.1. The number of carbonyl (C=O) groups is 1. The van der Waals surface area contributed by atoms with Crippen LogP contribution in [0.3, 0.4) is 0 Å². The molecule has 0 bridgehead atoms. The third-order valence-corrected chi connectivity index (χ3v) is 5.90. The molecule has 1 fully saturated rings. The first-order valence-corrected chi connectivity index (χ1v) is 10.6. The van der Waals surface area contributed by atoms with Crippen molar-refractivity contribution in [2.45, 2.75) is 37.1 Å². The van der Waals surface area contributed by atoms with Gasteiger partial charge in [0.15, 0.2) is 0 Å². The van der Waals surface area contributed by atoms with Gasteiger partial charge in [0, 0.05) is 19.2 Å². The molecule has 7 heteroatoms. The maximum Gasteiger partial charge on any atom is 0.246 e. The van der Waals surface area contributed by atoms with Gasteiger partial charge in [-0.3, -0.25) is 4.79 Å². The van der Waals surface area contributed by atoms with Crippen LogP contribution in [0.2, 0.25) is 0 Å². The number of amides is 1. The minimum Gasteiger partial charge on any atom is -0.460 e. The van der Waals surface area contributed by atoms with E-state index < -0.39 is 10.0 Å². The normalized spacial score (nSPS) is 15.8. The number of nitrogens with zero attached hydrogens (tertiary/aromatic N) is 1. The van der Waals surface area contributed by atoms with E-state index in [2.05, 4.69) is 4.72 Å². The fourth-order valence-electron chi connectivity index (χ4n) is 2.98. The Morgan fingerprint density at radius 3 is 2.44 bits per heavy atom. The Balaban J connectivity index is 1.56. The van der Waals surface area contributed by atoms with Crippen LogP contribution < -0.4 is 4.72 Å². The number of rotatable bonds is 6. The number of hydrogen-bond donors (Lipinski definition) is 1. The first-order valence-electron chi connectivity index (χ1n) is 9.15. The van der Waals surface area contributed by atoms with E-state index in [1.165, 1.54) is 31.1 Å². The number of nitrogens with one attached hydrogen (secondary N) is 1. The molecule has 0 unspecified atom stereocenters. The molecule has 1 N–H and O–H groups in total. The van der Waals surface area contributed by atoms with Crippen molar-refractivity contribution in [3.63, 3.8) is 0 Å². The van der Waals surface area contributed by atoms with Crippen molar-refractivity contribution in [2.24, 2.45) is 0 Å². The van der Waals surface area contributed by atoms with Gasteiger partial charge in [0.1, 0.15) is 11.5 Å². The standard InChI is InChI=1S/C20H24N2O4S/c23-20(22-14-6-1-2-7-15-22)13-12-17-10-11-18(26-17)16-21-27(24,25)19-8-4-3-5-9-19/h3-5,8-13,21H,1-2,6-7,14-16H2/b13-12+. The maximum atomic E-state index is 12.3. The Bertz CT molecular complexity index is 880. The van der Waals surface area contributed by atoms with Gasteiger partial charge in [0.05, 0.1) is 11.4 Å². The van der Waals surface area contributed by atoms with Crippen LogP contribution in [-0.2, 0) is 21.4 Å². The van der Waals surface area contributed by atoms with E-state index in [4.69, 9.17) is 4.42 Å². The van der Waals surface area contributed by atoms with Gasteiger partial charge in [0.2, 0.25) is 15.9 Å². The summed E-state index contributed by atoms with van der Waals surface area (Å²) in [6.07, 6.45) is 7.59. The molecule has 0 atom stereocenters. The fourth-order valence-corrected chi connectivity index (χ4v) is 3.99. The Labute approximate surface area is 159 Å². The van der Waals surface area contributed by atoms with Gasteiger partial charge in [-0.15, -0.1) is 0 Å². The zero-order valence-corrected chi connectivity index (χ0v) is 16.0. The molecule has 144 valence electrons. The molecule has 1 aromatic carbocycles. The zero-order valence-electron chi connectivity index (χ0n) is 15.1. The number of likely N-dealkylation sites (tertiary alicyclic amines) is 1. The van der Waals surface area contributed by atoms with Crippen LogP contribution in [0.5, 0.6) is 0 Å². The third kappa shape index (κ3) is 5.55. The highest BCUT2D eigenvalue weighted by molar-refractivity contribution is 7.89. The number of carbonyl (C=O) groups excluding carboxylic acids is 1. The second-order valence-corrected chi connectivity index (χ2v) is 8.28. The molecule has 1 aliphatic heterocycles. The van der Waals surface area contributed by atoms with E-state index in [1.54, 1.807) is 36.4 Å². The quantitative estimate of drug-likeness (QED) is 0.771. The summed E-state index contributed by atoms with van der Waals surface area (Å²) in [6.45, 7) is 1.65. The number of hydrogen-bond acceptors (Lipinski definition) is 4. The summed E-state index contributed by atoms with van der Waals surface area (Å²) in [5.74, 6) is 0.989. The van der Waals surface area contributed by atoms with Crippen LogP contribution in [0.15, 0.2) is 57.9 Å². The van der Waals surface area contributed by atoms with Crippen molar-refractivity contribution in [1.82, 2.24) is 9.62 Å². The number of furan rings is 1. The highest BCUT2D eigenvalue weighted by Crippen LogP contribution is 2.14. The first kappa shape index (κ1) is 19.4. The second kappa shape index (κ2) is 9.01. The van der Waals surface area contributed by atoms with E-state index in [9.17, 15) is 13.2 Å². The van der Waals surface area contributed by atoms with E-state index in [1.807, 2.05) is 4.90 Å². The molecule has 27 heavy (non-hydrogen) atoms. The minimum absolute atomic E-state index is 0.0142. The lowest BCUT2D eigenvalue weighted by Crippen LogP contribution is -2.30. The Hall–Kier alpha value is -2.38. The Morgan fingerprint density at radius 1 is 1.04 bits per heavy atom. The van der Waals surface area contributed by atoms with E-state index in [0.717, 1.165) is 25.9 Å². The van der Waals surface area contributed by atoms with Crippen LogP contribution in [-0.4, -0.2) is 32.3 Å². The molecular weight excluding hydrogens is 364 g/mol. The van der Waals surface area contributed by atoms with Crippen LogP contribution in [0.25, 0.3) is 6.08 Å². The van der Waals surface area contributed by atoms with Crippen molar-refractivity contribution in [2.75, 3.05) is 13.1 Å². The molecule has 6 nitrogen and oxygen atoms in total. The molecule has 1 saturated heterocycles. The topological polar surface area (TPSA) is 79.6 Å². The maximum absolute atomic E-state index is 12.3. The molecule has 0 radical (unpaired) electrons. The SMILES string of the molecule is O=C(/C=C/c1ccc(CNS(=O)(=O)c2ccccc2)o1)N1CCCCCC1. The summed E-state index contributed by atoms with van der Waals surface area (Å²) in [5.41, 5.74) is 0. The average Bonchev–Trinajstić information content (AvgIpc) is 2.96. The monoisotopic (exact) mass is 388 g/mol. The van der Waals surface area contributed by atoms with Gasteiger partial charge in [-0.05, 0) is 43.2 Å². The number of sulfonamides is 1. The third-order valence-electron chi connectivity index (χ3n) is 4.48. The van der Waals surface area contributed by atoms with Crippen LogP contribution in [0.4, 0.5) is 0 Å². The molecule has 0 saturated carbocycles. The van der Waals surface area contributed by atoms with Crippen molar-refractivity contribution >= 4 is 22.0 Å². The van der Waals surface area contributed by atoms with Crippen molar-refractivity contribution in [3.8, 4) is 0 Å². The lowest BCUT2D eigenvalue weighted by atomic mass is 10.2. The predicted octanol–water partition coefficient (Wildman–Crippen LogP) is 3.17. The fraction of sp³-hybridized carbons (Fsp3) is 0.350. The van der Waals surface area contributed by atoms with Crippen molar-refractivity contribution in [1.29, 1.82) is 0 Å². The summed E-state index contributed by atoms with van der Waals surface area (Å²) in [5, 5.41) is 0. The lowest BCUT2D eigenvalue weighted by molar-refractivity contribution is -0.125. The van der Waals surface area contributed by atoms with Gasteiger partial charge < -0.3 is 9.32 Å². The number of benzene rings is 1. The van der Waals surface area contributed by atoms with Gasteiger partial charge in [-0.2, -0.15) is 0 Å². The Kier molecular flexibility index (Phi) is 6.47. The summed E-state index contributed by atoms with van der Waals surface area (Å²) in [6, 6.07) is 11.6. The summed E-state index contributed by atoms with van der Waals surface area (Å²) < 4.78 is 32.5. The van der Waals surface area contributed by atoms with E-state index >= 15 is 0 Å². The van der Waals surface area contributed by atoms with Gasteiger partial charge >= 0.3 is 0 Å². The highest BCUT2D eigenvalue weighted by atomic mass is 32.2. The van der Waals surface area contributed by atoms with Crippen molar-refractivity contribution in [3.05, 3.63) is 60.1 Å². The largest absolute Gasteiger partial charge is 0.460 e.